The maximum atomic E-state index is 10.7. The Labute approximate surface area is 132 Å². The third kappa shape index (κ3) is 3.85. The van der Waals surface area contributed by atoms with Crippen LogP contribution in [0.4, 0.5) is 0 Å². The average Bonchev–Trinajstić information content (AvgIpc) is 2.87. The lowest BCUT2D eigenvalue weighted by Gasteiger charge is -2.42. The molecule has 0 spiro atoms. The summed E-state index contributed by atoms with van der Waals surface area (Å²) in [6, 6.07) is 0. The largest absolute Gasteiger partial charge is 0.390 e. The molecule has 3 atom stereocenters. The van der Waals surface area contributed by atoms with E-state index in [0.29, 0.717) is 12.3 Å². The summed E-state index contributed by atoms with van der Waals surface area (Å²) in [5.74, 6) is 0.620. The number of ether oxygens (including phenoxy) is 1. The highest BCUT2D eigenvalue weighted by Gasteiger charge is 2.41. The lowest BCUT2D eigenvalue weighted by atomic mass is 9.75. The molecule has 1 aliphatic carbocycles. The second kappa shape index (κ2) is 6.35. The van der Waals surface area contributed by atoms with Gasteiger partial charge < -0.3 is 9.84 Å². The van der Waals surface area contributed by atoms with Crippen molar-refractivity contribution in [1.82, 2.24) is 4.98 Å². The van der Waals surface area contributed by atoms with Gasteiger partial charge >= 0.3 is 0 Å². The molecule has 1 aromatic rings. The standard InChI is InChI=1S/C17H29NO2S/c1-12-7-6-8-17(10-12,20-5)14(19)9-15-18-13(11-21-15)16(2,3)4/h11-12,14,19H,6-10H2,1-5H3. The van der Waals surface area contributed by atoms with Crippen LogP contribution >= 0.6 is 11.3 Å². The van der Waals surface area contributed by atoms with Crippen LogP contribution in [0.3, 0.4) is 0 Å². The van der Waals surface area contributed by atoms with Crippen LogP contribution in [0.5, 0.6) is 0 Å². The first-order chi connectivity index (χ1) is 9.77. The van der Waals surface area contributed by atoms with Gasteiger partial charge in [-0.05, 0) is 18.8 Å². The van der Waals surface area contributed by atoms with E-state index in [1.165, 1.54) is 6.42 Å². The highest BCUT2D eigenvalue weighted by molar-refractivity contribution is 7.09. The minimum absolute atomic E-state index is 0.0675. The van der Waals surface area contributed by atoms with E-state index >= 15 is 0 Å². The van der Waals surface area contributed by atoms with E-state index < -0.39 is 6.10 Å². The third-order valence-corrected chi connectivity index (χ3v) is 5.56. The molecule has 120 valence electrons. The molecule has 1 N–H and O–H groups in total. The van der Waals surface area contributed by atoms with Crippen LogP contribution in [-0.2, 0) is 16.6 Å². The number of hydrogen-bond acceptors (Lipinski definition) is 4. The molecular weight excluding hydrogens is 282 g/mol. The maximum absolute atomic E-state index is 10.7. The lowest BCUT2D eigenvalue weighted by Crippen LogP contribution is -2.48. The first-order valence-electron chi connectivity index (χ1n) is 7.95. The smallest absolute Gasteiger partial charge is 0.0955 e. The van der Waals surface area contributed by atoms with Gasteiger partial charge in [0.1, 0.15) is 0 Å². The number of aliphatic hydroxyl groups is 1. The molecule has 3 nitrogen and oxygen atoms in total. The van der Waals surface area contributed by atoms with Crippen molar-refractivity contribution in [2.45, 2.75) is 76.9 Å². The Bertz CT molecular complexity index is 466. The van der Waals surface area contributed by atoms with E-state index in [1.54, 1.807) is 18.4 Å². The van der Waals surface area contributed by atoms with Crippen molar-refractivity contribution in [3.63, 3.8) is 0 Å². The van der Waals surface area contributed by atoms with E-state index in [4.69, 9.17) is 9.72 Å². The van der Waals surface area contributed by atoms with Crippen molar-refractivity contribution in [3.05, 3.63) is 16.1 Å². The number of nitrogens with zero attached hydrogens (tertiary/aromatic N) is 1. The van der Waals surface area contributed by atoms with Gasteiger partial charge in [0.15, 0.2) is 0 Å². The molecule has 0 radical (unpaired) electrons. The number of aromatic nitrogens is 1. The molecule has 0 aromatic carbocycles. The monoisotopic (exact) mass is 311 g/mol. The van der Waals surface area contributed by atoms with Gasteiger partial charge in [0.2, 0.25) is 0 Å². The van der Waals surface area contributed by atoms with Crippen molar-refractivity contribution < 1.29 is 9.84 Å². The third-order valence-electron chi connectivity index (χ3n) is 4.69. The molecule has 4 heteroatoms. The molecule has 2 rings (SSSR count). The quantitative estimate of drug-likeness (QED) is 0.916. The second-order valence-corrected chi connectivity index (χ2v) is 8.51. The molecule has 0 saturated heterocycles. The number of methoxy groups -OCH3 is 1. The van der Waals surface area contributed by atoms with Crippen LogP contribution in [-0.4, -0.2) is 28.9 Å². The molecule has 1 fully saturated rings. The van der Waals surface area contributed by atoms with Gasteiger partial charge in [-0.15, -0.1) is 11.3 Å². The summed E-state index contributed by atoms with van der Waals surface area (Å²) >= 11 is 1.65. The fourth-order valence-electron chi connectivity index (χ4n) is 3.27. The van der Waals surface area contributed by atoms with Crippen molar-refractivity contribution in [2.75, 3.05) is 7.11 Å². The van der Waals surface area contributed by atoms with E-state index in [2.05, 4.69) is 33.1 Å². The zero-order valence-electron chi connectivity index (χ0n) is 14.0. The molecule has 0 bridgehead atoms. The highest BCUT2D eigenvalue weighted by Crippen LogP contribution is 2.38. The highest BCUT2D eigenvalue weighted by atomic mass is 32.1. The van der Waals surface area contributed by atoms with Crippen LogP contribution in [0, 0.1) is 5.92 Å². The number of rotatable bonds is 4. The van der Waals surface area contributed by atoms with Crippen molar-refractivity contribution >= 4 is 11.3 Å². The van der Waals surface area contributed by atoms with Gasteiger partial charge in [-0.25, -0.2) is 4.98 Å². The zero-order valence-corrected chi connectivity index (χ0v) is 14.8. The molecule has 1 saturated carbocycles. The summed E-state index contributed by atoms with van der Waals surface area (Å²) in [5, 5.41) is 13.9. The predicted octanol–water partition coefficient (Wildman–Crippen LogP) is 3.94. The normalized spacial score (nSPS) is 28.6. The Balaban J connectivity index is 2.09. The van der Waals surface area contributed by atoms with Crippen molar-refractivity contribution in [3.8, 4) is 0 Å². The molecule has 0 aliphatic heterocycles. The molecule has 0 amide bonds. The first kappa shape index (κ1) is 16.9. The van der Waals surface area contributed by atoms with Crippen molar-refractivity contribution in [1.29, 1.82) is 0 Å². The van der Waals surface area contributed by atoms with Crippen LogP contribution in [0.2, 0.25) is 0 Å². The number of thiazole rings is 1. The van der Waals surface area contributed by atoms with E-state index in [0.717, 1.165) is 30.0 Å². The lowest BCUT2D eigenvalue weighted by molar-refractivity contribution is -0.131. The molecule has 1 aliphatic rings. The SMILES string of the molecule is COC1(C(O)Cc2nc(C(C)(C)C)cs2)CCCC(C)C1. The topological polar surface area (TPSA) is 42.4 Å². The van der Waals surface area contributed by atoms with E-state index in [1.807, 2.05) is 0 Å². The Morgan fingerprint density at radius 2 is 2.24 bits per heavy atom. The summed E-state index contributed by atoms with van der Waals surface area (Å²) < 4.78 is 5.78. The summed E-state index contributed by atoms with van der Waals surface area (Å²) in [5.41, 5.74) is 0.793. The molecule has 21 heavy (non-hydrogen) atoms. The second-order valence-electron chi connectivity index (χ2n) is 7.57. The molecule has 3 unspecified atom stereocenters. The molecule has 1 heterocycles. The predicted molar refractivity (Wildman–Crippen MR) is 87.9 cm³/mol. The van der Waals surface area contributed by atoms with Crippen LogP contribution < -0.4 is 0 Å². The van der Waals surface area contributed by atoms with Crippen LogP contribution in [0.25, 0.3) is 0 Å². The summed E-state index contributed by atoms with van der Waals surface area (Å²) in [6.07, 6.45) is 4.40. The van der Waals surface area contributed by atoms with E-state index in [9.17, 15) is 5.11 Å². The van der Waals surface area contributed by atoms with Gasteiger partial charge in [0.25, 0.3) is 0 Å². The minimum atomic E-state index is -0.468. The maximum Gasteiger partial charge on any atom is 0.0955 e. The molecule has 1 aromatic heterocycles. The van der Waals surface area contributed by atoms with Crippen LogP contribution in [0.1, 0.15) is 64.1 Å². The fourth-order valence-corrected chi connectivity index (χ4v) is 4.33. The van der Waals surface area contributed by atoms with Gasteiger partial charge in [-0.1, -0.05) is 40.5 Å². The van der Waals surface area contributed by atoms with Crippen LogP contribution in [0.15, 0.2) is 5.38 Å². The summed E-state index contributed by atoms with van der Waals surface area (Å²) in [6.45, 7) is 8.76. The van der Waals surface area contributed by atoms with E-state index in [-0.39, 0.29) is 11.0 Å². The average molecular weight is 311 g/mol. The van der Waals surface area contributed by atoms with Gasteiger partial charge in [0, 0.05) is 24.3 Å². The van der Waals surface area contributed by atoms with Gasteiger partial charge in [-0.3, -0.25) is 0 Å². The van der Waals surface area contributed by atoms with Gasteiger partial charge in [0.05, 0.1) is 22.4 Å². The first-order valence-corrected chi connectivity index (χ1v) is 8.83. The Morgan fingerprint density at radius 1 is 1.52 bits per heavy atom. The number of aliphatic hydroxyl groups excluding tert-OH is 1. The summed E-state index contributed by atoms with van der Waals surface area (Å²) in [4.78, 5) is 4.70. The fraction of sp³-hybridized carbons (Fsp3) is 0.824. The minimum Gasteiger partial charge on any atom is -0.390 e. The zero-order chi connectivity index (χ0) is 15.7. The Morgan fingerprint density at radius 3 is 2.76 bits per heavy atom. The summed E-state index contributed by atoms with van der Waals surface area (Å²) in [7, 11) is 1.74. The molecular formula is C17H29NO2S. The van der Waals surface area contributed by atoms with Crippen molar-refractivity contribution in [2.24, 2.45) is 5.92 Å². The Kier molecular flexibility index (Phi) is 5.11. The van der Waals surface area contributed by atoms with Gasteiger partial charge in [-0.2, -0.15) is 0 Å². The number of hydrogen-bond donors (Lipinski definition) is 1. The Hall–Kier alpha value is -0.450.